The Bertz CT molecular complexity index is 454. The molecule has 2 heterocycles. The molecule has 0 aliphatic carbocycles. The smallest absolute Gasteiger partial charge is 0.0424 e. The largest absolute Gasteiger partial charge is 0.381 e. The van der Waals surface area contributed by atoms with Gasteiger partial charge in [-0.25, -0.2) is 0 Å². The van der Waals surface area contributed by atoms with E-state index >= 15 is 0 Å². The zero-order chi connectivity index (χ0) is 10.8. The number of pyridine rings is 1. The minimum Gasteiger partial charge on any atom is -0.381 e. The van der Waals surface area contributed by atoms with Crippen LogP contribution in [0.5, 0.6) is 0 Å². The fourth-order valence-electron chi connectivity index (χ4n) is 2.27. The van der Waals surface area contributed by atoms with Gasteiger partial charge in [-0.05, 0) is 30.2 Å². The summed E-state index contributed by atoms with van der Waals surface area (Å²) in [7, 11) is 0. The Morgan fingerprint density at radius 3 is 2.81 bits per heavy atom. The highest BCUT2D eigenvalue weighted by molar-refractivity contribution is 5.56. The van der Waals surface area contributed by atoms with Crippen molar-refractivity contribution >= 4 is 5.69 Å². The van der Waals surface area contributed by atoms with Crippen LogP contribution in [-0.4, -0.2) is 11.0 Å². The molecule has 16 heavy (non-hydrogen) atoms. The van der Waals surface area contributed by atoms with E-state index in [1.165, 1.54) is 11.3 Å². The van der Waals surface area contributed by atoms with Crippen molar-refractivity contribution < 1.29 is 0 Å². The monoisotopic (exact) mass is 210 g/mol. The topological polar surface area (TPSA) is 24.9 Å². The highest BCUT2D eigenvalue weighted by Crippen LogP contribution is 2.26. The van der Waals surface area contributed by atoms with Crippen LogP contribution in [0.3, 0.4) is 0 Å². The summed E-state index contributed by atoms with van der Waals surface area (Å²) >= 11 is 0. The normalized spacial score (nSPS) is 17.9. The first-order valence-electron chi connectivity index (χ1n) is 5.66. The number of rotatable bonds is 2. The Balaban J connectivity index is 1.73. The van der Waals surface area contributed by atoms with Crippen LogP contribution in [-0.2, 0) is 12.8 Å². The molecule has 0 saturated heterocycles. The molecule has 1 aliphatic rings. The van der Waals surface area contributed by atoms with E-state index < -0.39 is 0 Å². The minimum absolute atomic E-state index is 0.493. The molecule has 0 radical (unpaired) electrons. The standard InChI is InChI=1S/C14H14N2/c1-2-7-14-11(5-1)9-13(16-14)10-12-6-3-4-8-15-12/h1-8,13,16H,9-10H2. The van der Waals surface area contributed by atoms with E-state index in [1.807, 2.05) is 18.3 Å². The Morgan fingerprint density at radius 2 is 2.00 bits per heavy atom. The molecular formula is C14H14N2. The number of hydrogen-bond acceptors (Lipinski definition) is 2. The second-order valence-electron chi connectivity index (χ2n) is 4.23. The average molecular weight is 210 g/mol. The van der Waals surface area contributed by atoms with Gasteiger partial charge in [0.15, 0.2) is 0 Å². The van der Waals surface area contributed by atoms with Gasteiger partial charge >= 0.3 is 0 Å². The third-order valence-electron chi connectivity index (χ3n) is 3.02. The molecule has 1 aromatic heterocycles. The van der Waals surface area contributed by atoms with Crippen molar-refractivity contribution in [3.05, 3.63) is 59.9 Å². The SMILES string of the molecule is c1ccc(CC2Cc3ccccc3N2)nc1. The zero-order valence-corrected chi connectivity index (χ0v) is 9.06. The molecule has 2 nitrogen and oxygen atoms in total. The second-order valence-corrected chi connectivity index (χ2v) is 4.23. The van der Waals surface area contributed by atoms with Gasteiger partial charge in [0.2, 0.25) is 0 Å². The Hall–Kier alpha value is -1.83. The molecule has 1 aromatic carbocycles. The van der Waals surface area contributed by atoms with Crippen molar-refractivity contribution in [2.24, 2.45) is 0 Å². The van der Waals surface area contributed by atoms with Gasteiger partial charge in [-0.1, -0.05) is 24.3 Å². The van der Waals surface area contributed by atoms with Gasteiger partial charge in [0.05, 0.1) is 0 Å². The molecule has 1 unspecified atom stereocenters. The highest BCUT2D eigenvalue weighted by Gasteiger charge is 2.20. The number of aromatic nitrogens is 1. The lowest BCUT2D eigenvalue weighted by molar-refractivity contribution is 0.730. The van der Waals surface area contributed by atoms with E-state index in [0.29, 0.717) is 6.04 Å². The minimum atomic E-state index is 0.493. The second kappa shape index (κ2) is 3.97. The molecule has 80 valence electrons. The molecule has 1 N–H and O–H groups in total. The fourth-order valence-corrected chi connectivity index (χ4v) is 2.27. The molecule has 3 rings (SSSR count). The Morgan fingerprint density at radius 1 is 1.12 bits per heavy atom. The van der Waals surface area contributed by atoms with Crippen LogP contribution in [0.25, 0.3) is 0 Å². The van der Waals surface area contributed by atoms with Crippen LogP contribution in [0, 0.1) is 0 Å². The van der Waals surface area contributed by atoms with Crippen LogP contribution in [0.1, 0.15) is 11.3 Å². The number of benzene rings is 1. The average Bonchev–Trinajstić information content (AvgIpc) is 2.72. The third-order valence-corrected chi connectivity index (χ3v) is 3.02. The summed E-state index contributed by atoms with van der Waals surface area (Å²) in [5.74, 6) is 0. The van der Waals surface area contributed by atoms with Crippen molar-refractivity contribution in [3.8, 4) is 0 Å². The van der Waals surface area contributed by atoms with Gasteiger partial charge in [-0.3, -0.25) is 4.98 Å². The number of nitrogens with one attached hydrogen (secondary N) is 1. The summed E-state index contributed by atoms with van der Waals surface area (Å²) in [6, 6.07) is 15.1. The third kappa shape index (κ3) is 1.78. The molecule has 0 bridgehead atoms. The summed E-state index contributed by atoms with van der Waals surface area (Å²) in [5, 5.41) is 3.54. The lowest BCUT2D eigenvalue weighted by Gasteiger charge is -2.10. The fraction of sp³-hybridized carbons (Fsp3) is 0.214. The lowest BCUT2D eigenvalue weighted by Crippen LogP contribution is -2.18. The number of hydrogen-bond donors (Lipinski definition) is 1. The summed E-state index contributed by atoms with van der Waals surface area (Å²) in [6.45, 7) is 0. The summed E-state index contributed by atoms with van der Waals surface area (Å²) in [6.07, 6.45) is 3.96. The van der Waals surface area contributed by atoms with Crippen LogP contribution in [0.15, 0.2) is 48.7 Å². The van der Waals surface area contributed by atoms with Gasteiger partial charge in [0.25, 0.3) is 0 Å². The number of fused-ring (bicyclic) bond motifs is 1. The zero-order valence-electron chi connectivity index (χ0n) is 9.06. The van der Waals surface area contributed by atoms with Crippen LogP contribution < -0.4 is 5.32 Å². The van der Waals surface area contributed by atoms with Crippen molar-refractivity contribution in [3.63, 3.8) is 0 Å². The first-order valence-corrected chi connectivity index (χ1v) is 5.66. The Kier molecular flexibility index (Phi) is 2.33. The summed E-state index contributed by atoms with van der Waals surface area (Å²) < 4.78 is 0. The van der Waals surface area contributed by atoms with Crippen LogP contribution in [0.2, 0.25) is 0 Å². The first kappa shape index (κ1) is 9.40. The van der Waals surface area contributed by atoms with E-state index in [-0.39, 0.29) is 0 Å². The van der Waals surface area contributed by atoms with Gasteiger partial charge in [0, 0.05) is 30.0 Å². The number of anilines is 1. The van der Waals surface area contributed by atoms with Crippen molar-refractivity contribution in [2.75, 3.05) is 5.32 Å². The van der Waals surface area contributed by atoms with Crippen molar-refractivity contribution in [1.29, 1.82) is 0 Å². The first-order chi connectivity index (χ1) is 7.92. The molecule has 0 spiro atoms. The quantitative estimate of drug-likeness (QED) is 0.824. The maximum Gasteiger partial charge on any atom is 0.0424 e. The van der Waals surface area contributed by atoms with E-state index in [2.05, 4.69) is 40.6 Å². The molecule has 1 atom stereocenters. The van der Waals surface area contributed by atoms with E-state index in [9.17, 15) is 0 Å². The molecule has 0 fully saturated rings. The Labute approximate surface area is 95.3 Å². The summed E-state index contributed by atoms with van der Waals surface area (Å²) in [4.78, 5) is 4.37. The molecule has 2 heteroatoms. The van der Waals surface area contributed by atoms with Gasteiger partial charge < -0.3 is 5.32 Å². The lowest BCUT2D eigenvalue weighted by atomic mass is 10.1. The summed E-state index contributed by atoms with van der Waals surface area (Å²) in [5.41, 5.74) is 3.86. The van der Waals surface area contributed by atoms with Crippen molar-refractivity contribution in [1.82, 2.24) is 4.98 Å². The highest BCUT2D eigenvalue weighted by atomic mass is 14.9. The number of nitrogens with zero attached hydrogens (tertiary/aromatic N) is 1. The predicted molar refractivity (Wildman–Crippen MR) is 65.5 cm³/mol. The molecule has 0 amide bonds. The van der Waals surface area contributed by atoms with Gasteiger partial charge in [-0.15, -0.1) is 0 Å². The molecule has 1 aliphatic heterocycles. The van der Waals surface area contributed by atoms with Crippen molar-refractivity contribution in [2.45, 2.75) is 18.9 Å². The van der Waals surface area contributed by atoms with E-state index in [0.717, 1.165) is 18.5 Å². The molecule has 2 aromatic rings. The molecular weight excluding hydrogens is 196 g/mol. The van der Waals surface area contributed by atoms with Crippen LogP contribution in [0.4, 0.5) is 5.69 Å². The van der Waals surface area contributed by atoms with E-state index in [1.54, 1.807) is 0 Å². The van der Waals surface area contributed by atoms with Crippen LogP contribution >= 0.6 is 0 Å². The van der Waals surface area contributed by atoms with Gasteiger partial charge in [-0.2, -0.15) is 0 Å². The van der Waals surface area contributed by atoms with Gasteiger partial charge in [0.1, 0.15) is 0 Å². The van der Waals surface area contributed by atoms with E-state index in [4.69, 9.17) is 0 Å². The predicted octanol–water partition coefficient (Wildman–Crippen LogP) is 2.66. The maximum atomic E-state index is 4.37. The molecule has 0 saturated carbocycles. The number of para-hydroxylation sites is 1. The maximum absolute atomic E-state index is 4.37.